The molecule has 0 aliphatic heterocycles. The molecule has 0 bridgehead atoms. The van der Waals surface area contributed by atoms with Crippen LogP contribution in [-0.2, 0) is 0 Å². The zero-order valence-corrected chi connectivity index (χ0v) is 11.5. The van der Waals surface area contributed by atoms with Crippen LogP contribution in [0.15, 0.2) is 18.2 Å². The van der Waals surface area contributed by atoms with Gasteiger partial charge in [-0.1, -0.05) is 35.3 Å². The molecule has 1 nitrogen and oxygen atoms in total. The van der Waals surface area contributed by atoms with Gasteiger partial charge in [-0.2, -0.15) is 0 Å². The molecule has 0 heterocycles. The summed E-state index contributed by atoms with van der Waals surface area (Å²) < 4.78 is 66.7. The van der Waals surface area contributed by atoms with E-state index >= 15 is 0 Å². The van der Waals surface area contributed by atoms with E-state index in [4.69, 9.17) is 28.9 Å². The zero-order chi connectivity index (χ0) is 15.9. The summed E-state index contributed by atoms with van der Waals surface area (Å²) in [5, 5.41) is -0.0934. The van der Waals surface area contributed by atoms with Crippen LogP contribution in [0.25, 0.3) is 0 Å². The van der Waals surface area contributed by atoms with Crippen molar-refractivity contribution in [1.82, 2.24) is 0 Å². The number of halogens is 7. The Morgan fingerprint density at radius 1 is 0.810 bits per heavy atom. The van der Waals surface area contributed by atoms with Crippen molar-refractivity contribution in [3.05, 3.63) is 68.5 Å². The van der Waals surface area contributed by atoms with E-state index in [-0.39, 0.29) is 15.6 Å². The Labute approximate surface area is 126 Å². The molecule has 1 unspecified atom stereocenters. The van der Waals surface area contributed by atoms with Gasteiger partial charge in [-0.15, -0.1) is 0 Å². The second-order valence-corrected chi connectivity index (χ2v) is 4.89. The van der Waals surface area contributed by atoms with Gasteiger partial charge in [-0.25, -0.2) is 22.0 Å². The average Bonchev–Trinajstić information content (AvgIpc) is 2.46. The van der Waals surface area contributed by atoms with Gasteiger partial charge in [0.2, 0.25) is 5.82 Å². The first kappa shape index (κ1) is 16.0. The van der Waals surface area contributed by atoms with E-state index in [1.54, 1.807) is 0 Å². The fourth-order valence-corrected chi connectivity index (χ4v) is 2.24. The van der Waals surface area contributed by atoms with Gasteiger partial charge in [0, 0.05) is 0 Å². The molecule has 0 fully saturated rings. The first-order valence-electron chi connectivity index (χ1n) is 5.48. The van der Waals surface area contributed by atoms with Gasteiger partial charge in [0.25, 0.3) is 0 Å². The van der Waals surface area contributed by atoms with E-state index < -0.39 is 40.7 Å². The number of hydrogen-bond acceptors (Lipinski definition) is 1. The van der Waals surface area contributed by atoms with Gasteiger partial charge in [0.15, 0.2) is 23.3 Å². The molecule has 1 atom stereocenters. The monoisotopic (exact) mass is 341 g/mol. The molecule has 2 rings (SSSR count). The largest absolute Gasteiger partial charge is 0.320 e. The fraction of sp³-hybridized carbons (Fsp3) is 0.0769. The number of nitrogens with two attached hydrogens (primary N) is 1. The third-order valence-electron chi connectivity index (χ3n) is 2.87. The number of rotatable bonds is 2. The van der Waals surface area contributed by atoms with Crippen molar-refractivity contribution in [2.24, 2.45) is 5.73 Å². The summed E-state index contributed by atoms with van der Waals surface area (Å²) in [7, 11) is 0. The standard InChI is InChI=1S/C13H6Cl2F5N/c14-5-3-1-2-4(7(5)15)13(21)6-8(16)10(18)12(20)11(19)9(6)17/h1-3,13H,21H2. The highest BCUT2D eigenvalue weighted by Crippen LogP contribution is 2.35. The van der Waals surface area contributed by atoms with Gasteiger partial charge in [-0.05, 0) is 11.6 Å². The second kappa shape index (κ2) is 5.79. The molecule has 0 radical (unpaired) electrons. The maximum atomic E-state index is 13.7. The Hall–Kier alpha value is -1.37. The van der Waals surface area contributed by atoms with Crippen LogP contribution in [0.3, 0.4) is 0 Å². The smallest absolute Gasteiger partial charge is 0.200 e. The summed E-state index contributed by atoms with van der Waals surface area (Å²) in [5.41, 5.74) is 4.36. The van der Waals surface area contributed by atoms with Crippen LogP contribution in [0.1, 0.15) is 17.2 Å². The van der Waals surface area contributed by atoms with E-state index in [1.165, 1.54) is 18.2 Å². The van der Waals surface area contributed by atoms with Crippen LogP contribution in [-0.4, -0.2) is 0 Å². The Balaban J connectivity index is 2.70. The lowest BCUT2D eigenvalue weighted by molar-refractivity contribution is 0.367. The second-order valence-electron chi connectivity index (χ2n) is 4.10. The summed E-state index contributed by atoms with van der Waals surface area (Å²) in [5.74, 6) is -10.4. The van der Waals surface area contributed by atoms with Crippen LogP contribution in [0.4, 0.5) is 22.0 Å². The van der Waals surface area contributed by atoms with Crippen LogP contribution in [0.2, 0.25) is 10.0 Å². The van der Waals surface area contributed by atoms with Gasteiger partial charge >= 0.3 is 0 Å². The van der Waals surface area contributed by atoms with Gasteiger partial charge < -0.3 is 5.73 Å². The Bertz CT molecular complexity index is 691. The van der Waals surface area contributed by atoms with Crippen molar-refractivity contribution in [3.8, 4) is 0 Å². The van der Waals surface area contributed by atoms with E-state index in [2.05, 4.69) is 0 Å². The first-order chi connectivity index (χ1) is 9.77. The van der Waals surface area contributed by atoms with Crippen molar-refractivity contribution in [1.29, 1.82) is 0 Å². The SMILES string of the molecule is NC(c1cccc(Cl)c1Cl)c1c(F)c(F)c(F)c(F)c1F. The molecule has 0 spiro atoms. The molecule has 0 saturated carbocycles. The molecule has 112 valence electrons. The van der Waals surface area contributed by atoms with Crippen LogP contribution in [0.5, 0.6) is 0 Å². The number of benzene rings is 2. The summed E-state index contributed by atoms with van der Waals surface area (Å²) in [6.07, 6.45) is 0. The lowest BCUT2D eigenvalue weighted by atomic mass is 9.98. The highest BCUT2D eigenvalue weighted by atomic mass is 35.5. The van der Waals surface area contributed by atoms with Gasteiger partial charge in [0.1, 0.15) is 0 Å². The maximum absolute atomic E-state index is 13.7. The van der Waals surface area contributed by atoms with Gasteiger partial charge in [0.05, 0.1) is 21.7 Å². The maximum Gasteiger partial charge on any atom is 0.200 e. The van der Waals surface area contributed by atoms with E-state index in [0.717, 1.165) is 0 Å². The molecular formula is C13H6Cl2F5N. The summed E-state index contributed by atoms with van der Waals surface area (Å²) in [6, 6.07) is 2.38. The van der Waals surface area contributed by atoms with Crippen molar-refractivity contribution in [3.63, 3.8) is 0 Å². The molecule has 0 aromatic heterocycles. The Kier molecular flexibility index (Phi) is 4.41. The Morgan fingerprint density at radius 3 is 1.81 bits per heavy atom. The number of hydrogen-bond donors (Lipinski definition) is 1. The highest BCUT2D eigenvalue weighted by Gasteiger charge is 2.30. The third-order valence-corrected chi connectivity index (χ3v) is 3.70. The van der Waals surface area contributed by atoms with Gasteiger partial charge in [-0.3, -0.25) is 0 Å². The molecule has 8 heteroatoms. The van der Waals surface area contributed by atoms with E-state index in [9.17, 15) is 22.0 Å². The third kappa shape index (κ3) is 2.59. The van der Waals surface area contributed by atoms with Crippen LogP contribution in [0, 0.1) is 29.1 Å². The lowest BCUT2D eigenvalue weighted by Gasteiger charge is -2.17. The lowest BCUT2D eigenvalue weighted by Crippen LogP contribution is -2.19. The summed E-state index contributed by atoms with van der Waals surface area (Å²) in [6.45, 7) is 0. The zero-order valence-electron chi connectivity index (χ0n) is 10.0. The minimum Gasteiger partial charge on any atom is -0.320 e. The molecular weight excluding hydrogens is 336 g/mol. The molecule has 2 N–H and O–H groups in total. The van der Waals surface area contributed by atoms with Crippen LogP contribution >= 0.6 is 23.2 Å². The summed E-state index contributed by atoms with van der Waals surface area (Å²) in [4.78, 5) is 0. The average molecular weight is 342 g/mol. The minimum atomic E-state index is -2.25. The molecule has 2 aromatic carbocycles. The molecule has 2 aromatic rings. The molecule has 0 aliphatic rings. The summed E-state index contributed by atoms with van der Waals surface area (Å²) >= 11 is 11.6. The normalized spacial score (nSPS) is 12.6. The minimum absolute atomic E-state index is 0.0356. The molecule has 21 heavy (non-hydrogen) atoms. The predicted molar refractivity (Wildman–Crippen MR) is 68.7 cm³/mol. The van der Waals surface area contributed by atoms with Crippen LogP contribution < -0.4 is 5.73 Å². The van der Waals surface area contributed by atoms with E-state index in [1.807, 2.05) is 0 Å². The van der Waals surface area contributed by atoms with Crippen molar-refractivity contribution in [2.75, 3.05) is 0 Å². The topological polar surface area (TPSA) is 26.0 Å². The molecule has 0 amide bonds. The predicted octanol–water partition coefficient (Wildman–Crippen LogP) is 4.74. The van der Waals surface area contributed by atoms with Crippen molar-refractivity contribution < 1.29 is 22.0 Å². The van der Waals surface area contributed by atoms with Crippen molar-refractivity contribution in [2.45, 2.75) is 6.04 Å². The molecule has 0 saturated heterocycles. The Morgan fingerprint density at radius 2 is 1.29 bits per heavy atom. The highest BCUT2D eigenvalue weighted by molar-refractivity contribution is 6.42. The van der Waals surface area contributed by atoms with Crippen molar-refractivity contribution >= 4 is 23.2 Å². The molecule has 0 aliphatic carbocycles. The van der Waals surface area contributed by atoms with E-state index in [0.29, 0.717) is 0 Å². The quantitative estimate of drug-likeness (QED) is 0.476. The first-order valence-corrected chi connectivity index (χ1v) is 6.23. The fourth-order valence-electron chi connectivity index (χ4n) is 1.81.